The summed E-state index contributed by atoms with van der Waals surface area (Å²) in [6, 6.07) is 17.8. The van der Waals surface area contributed by atoms with Crippen molar-refractivity contribution in [2.24, 2.45) is 4.99 Å². The van der Waals surface area contributed by atoms with Gasteiger partial charge in [-0.1, -0.05) is 35.6 Å². The fraction of sp³-hybridized carbons (Fsp3) is 0.242. The number of carbonyl (C=O) groups excluding carboxylic acids is 1. The number of benzene rings is 3. The van der Waals surface area contributed by atoms with Crippen LogP contribution < -0.4 is 38.6 Å². The Bertz CT molecular complexity index is 1910. The minimum Gasteiger partial charge on any atom is -0.490 e. The molecule has 6 rings (SSSR count). The van der Waals surface area contributed by atoms with Crippen LogP contribution >= 0.6 is 11.3 Å². The predicted molar refractivity (Wildman–Crippen MR) is 163 cm³/mol. The van der Waals surface area contributed by atoms with Gasteiger partial charge in [0.15, 0.2) is 27.8 Å². The molecule has 0 fully saturated rings. The maximum absolute atomic E-state index is 13.8. The van der Waals surface area contributed by atoms with Crippen molar-refractivity contribution in [2.75, 3.05) is 27.1 Å². The molecule has 2 aliphatic heterocycles. The van der Waals surface area contributed by atoms with Crippen LogP contribution in [0, 0.1) is 0 Å². The molecule has 3 heterocycles. The second-order valence-electron chi connectivity index (χ2n) is 9.79. The first-order valence-electron chi connectivity index (χ1n) is 14.1. The van der Waals surface area contributed by atoms with Crippen molar-refractivity contribution in [3.63, 3.8) is 0 Å². The van der Waals surface area contributed by atoms with E-state index in [0.29, 0.717) is 57.7 Å². The molecule has 0 bridgehead atoms. The van der Waals surface area contributed by atoms with Crippen LogP contribution in [0.1, 0.15) is 36.6 Å². The molecule has 226 valence electrons. The molecule has 0 unspecified atom stereocenters. The Labute approximate surface area is 257 Å². The summed E-state index contributed by atoms with van der Waals surface area (Å²) in [6.45, 7) is 5.25. The molecule has 0 aliphatic carbocycles. The van der Waals surface area contributed by atoms with E-state index in [9.17, 15) is 9.59 Å². The van der Waals surface area contributed by atoms with Crippen LogP contribution in [0.4, 0.5) is 0 Å². The fourth-order valence-electron chi connectivity index (χ4n) is 5.00. The Morgan fingerprint density at radius 2 is 1.75 bits per heavy atom. The third-order valence-electron chi connectivity index (χ3n) is 7.03. The highest BCUT2D eigenvalue weighted by Crippen LogP contribution is 2.35. The molecular weight excluding hydrogens is 584 g/mol. The molecule has 11 heteroatoms. The van der Waals surface area contributed by atoms with Gasteiger partial charge < -0.3 is 28.4 Å². The lowest BCUT2D eigenvalue weighted by Gasteiger charge is -2.23. The van der Waals surface area contributed by atoms with Crippen molar-refractivity contribution in [1.29, 1.82) is 0 Å². The minimum atomic E-state index is -0.761. The predicted octanol–water partition coefficient (Wildman–Crippen LogP) is 4.12. The van der Waals surface area contributed by atoms with Crippen LogP contribution in [0.15, 0.2) is 82.2 Å². The second-order valence-corrected chi connectivity index (χ2v) is 10.8. The average molecular weight is 615 g/mol. The summed E-state index contributed by atoms with van der Waals surface area (Å²) in [5, 5.41) is 0. The molecule has 44 heavy (non-hydrogen) atoms. The first-order valence-corrected chi connectivity index (χ1v) is 14.9. The Morgan fingerprint density at radius 1 is 0.977 bits per heavy atom. The number of nitrogens with zero attached hydrogens (tertiary/aromatic N) is 2. The van der Waals surface area contributed by atoms with Gasteiger partial charge in [-0.2, -0.15) is 0 Å². The Morgan fingerprint density at radius 3 is 2.52 bits per heavy atom. The number of thiazole rings is 1. The van der Waals surface area contributed by atoms with Crippen molar-refractivity contribution in [2.45, 2.75) is 26.5 Å². The third kappa shape index (κ3) is 5.78. The largest absolute Gasteiger partial charge is 0.490 e. The van der Waals surface area contributed by atoms with Gasteiger partial charge in [0.25, 0.3) is 5.56 Å². The van der Waals surface area contributed by atoms with E-state index in [2.05, 4.69) is 4.99 Å². The van der Waals surface area contributed by atoms with Gasteiger partial charge in [0, 0.05) is 6.20 Å². The number of rotatable bonds is 10. The Kier molecular flexibility index (Phi) is 8.38. The van der Waals surface area contributed by atoms with Gasteiger partial charge in [0.2, 0.25) is 6.79 Å². The van der Waals surface area contributed by atoms with Crippen LogP contribution in [-0.4, -0.2) is 37.7 Å². The Balaban J connectivity index is 1.29. The van der Waals surface area contributed by atoms with E-state index in [4.69, 9.17) is 28.4 Å². The van der Waals surface area contributed by atoms with Crippen molar-refractivity contribution in [3.05, 3.63) is 109 Å². The first kappa shape index (κ1) is 29.1. The van der Waals surface area contributed by atoms with Crippen molar-refractivity contribution < 1.29 is 33.2 Å². The summed E-state index contributed by atoms with van der Waals surface area (Å²) >= 11 is 1.25. The lowest BCUT2D eigenvalue weighted by molar-refractivity contribution is -0.136. The quantitative estimate of drug-likeness (QED) is 0.246. The molecular formula is C33H30N2O8S. The molecule has 0 amide bonds. The van der Waals surface area contributed by atoms with Crippen LogP contribution in [0.25, 0.3) is 6.08 Å². The van der Waals surface area contributed by atoms with Crippen LogP contribution in [0.2, 0.25) is 0 Å². The summed E-state index contributed by atoms with van der Waals surface area (Å²) in [6.07, 6.45) is 3.27. The zero-order chi connectivity index (χ0) is 30.6. The summed E-state index contributed by atoms with van der Waals surface area (Å²) in [5.41, 5.74) is 2.40. The summed E-state index contributed by atoms with van der Waals surface area (Å²) < 4.78 is 35.3. The third-order valence-corrected chi connectivity index (χ3v) is 8.03. The first-order chi connectivity index (χ1) is 21.5. The van der Waals surface area contributed by atoms with Crippen molar-refractivity contribution in [3.8, 4) is 28.7 Å². The smallest absolute Gasteiger partial charge is 0.337 e. The summed E-state index contributed by atoms with van der Waals surface area (Å²) in [5.74, 6) is 2.65. The van der Waals surface area contributed by atoms with Crippen LogP contribution in [0.5, 0.6) is 28.7 Å². The van der Waals surface area contributed by atoms with Gasteiger partial charge in [-0.15, -0.1) is 0 Å². The normalized spacial score (nSPS) is 15.2. The van der Waals surface area contributed by atoms with E-state index < -0.39 is 12.0 Å². The zero-order valence-electron chi connectivity index (χ0n) is 24.4. The van der Waals surface area contributed by atoms with E-state index >= 15 is 0 Å². The second kappa shape index (κ2) is 12.7. The molecule has 0 radical (unpaired) electrons. The zero-order valence-corrected chi connectivity index (χ0v) is 25.2. The standard InChI is InChI=1S/C33H30N2O8S/c1-4-39-25-13-9-22(16-28(25)40-5-2)30-24(32(37)38-3)17-34-33-35(30)31(36)29(44-33)15-20-6-10-23(11-7-20)41-18-21-8-12-26-27(14-21)43-19-42-26/h6-17,30H,4-5,18-19H2,1-3H3/b29-15-/t30-/m0/s1. The number of fused-ring (bicyclic) bond motifs is 2. The highest BCUT2D eigenvalue weighted by Gasteiger charge is 2.31. The molecule has 0 saturated heterocycles. The highest BCUT2D eigenvalue weighted by atomic mass is 32.1. The SMILES string of the molecule is CCOc1ccc([C@H]2C(C(=O)OC)=CN=c3s/c(=C\c4ccc(OCc5ccc6c(c5)OCO6)cc4)c(=O)n32)cc1OCC. The minimum absolute atomic E-state index is 0.225. The molecule has 4 aromatic rings. The van der Waals surface area contributed by atoms with Crippen LogP contribution in [0.3, 0.4) is 0 Å². The van der Waals surface area contributed by atoms with Crippen LogP contribution in [-0.2, 0) is 16.1 Å². The number of aromatic nitrogens is 1. The number of hydrogen-bond donors (Lipinski definition) is 0. The van der Waals surface area contributed by atoms with Gasteiger partial charge >= 0.3 is 5.97 Å². The van der Waals surface area contributed by atoms with Crippen molar-refractivity contribution >= 4 is 23.4 Å². The van der Waals surface area contributed by atoms with E-state index in [1.165, 1.54) is 29.2 Å². The van der Waals surface area contributed by atoms with E-state index in [1.807, 2.05) is 62.4 Å². The van der Waals surface area contributed by atoms with Crippen molar-refractivity contribution in [1.82, 2.24) is 4.57 Å². The molecule has 1 aromatic heterocycles. The van der Waals surface area contributed by atoms with E-state index in [1.54, 1.807) is 18.2 Å². The topological polar surface area (TPSA) is 107 Å². The lowest BCUT2D eigenvalue weighted by Crippen LogP contribution is -2.39. The Hall–Kier alpha value is -5.03. The molecule has 0 spiro atoms. The van der Waals surface area contributed by atoms with Gasteiger partial charge in [-0.25, -0.2) is 9.79 Å². The highest BCUT2D eigenvalue weighted by molar-refractivity contribution is 7.07. The number of esters is 1. The number of hydrogen-bond acceptors (Lipinski definition) is 10. The molecule has 3 aromatic carbocycles. The molecule has 10 nitrogen and oxygen atoms in total. The summed E-state index contributed by atoms with van der Waals surface area (Å²) in [4.78, 5) is 31.6. The van der Waals surface area contributed by atoms with Gasteiger partial charge in [-0.05, 0) is 73.0 Å². The maximum Gasteiger partial charge on any atom is 0.337 e. The molecule has 0 saturated carbocycles. The van der Waals surface area contributed by atoms with Gasteiger partial charge in [0.05, 0.1) is 36.5 Å². The molecule has 2 aliphatic rings. The number of methoxy groups -OCH3 is 1. The van der Waals surface area contributed by atoms with Gasteiger partial charge in [-0.3, -0.25) is 9.36 Å². The fourth-order valence-corrected chi connectivity index (χ4v) is 5.97. The van der Waals surface area contributed by atoms with E-state index in [-0.39, 0.29) is 17.9 Å². The van der Waals surface area contributed by atoms with Gasteiger partial charge in [0.1, 0.15) is 12.4 Å². The maximum atomic E-state index is 13.8. The molecule has 0 N–H and O–H groups in total. The molecule has 1 atom stereocenters. The van der Waals surface area contributed by atoms with E-state index in [0.717, 1.165) is 16.9 Å². The lowest BCUT2D eigenvalue weighted by atomic mass is 9.97. The average Bonchev–Trinajstić information content (AvgIpc) is 3.64. The number of ether oxygens (including phenoxy) is 6. The number of carbonyl (C=O) groups is 1. The monoisotopic (exact) mass is 614 g/mol. The summed E-state index contributed by atoms with van der Waals surface area (Å²) in [7, 11) is 1.30.